The van der Waals surface area contributed by atoms with Gasteiger partial charge < -0.3 is 19.5 Å². The maximum absolute atomic E-state index is 12.1. The van der Waals surface area contributed by atoms with E-state index in [4.69, 9.17) is 14.2 Å². The van der Waals surface area contributed by atoms with Gasteiger partial charge >= 0.3 is 0 Å². The Hall–Kier alpha value is -2.70. The zero-order valence-corrected chi connectivity index (χ0v) is 13.5. The third-order valence-corrected chi connectivity index (χ3v) is 4.10. The van der Waals surface area contributed by atoms with Crippen LogP contribution in [0.1, 0.15) is 23.5 Å². The molecule has 1 aliphatic heterocycles. The predicted octanol–water partition coefficient (Wildman–Crippen LogP) is 1.92. The minimum absolute atomic E-state index is 0.0528. The van der Waals surface area contributed by atoms with Crippen LogP contribution in [0.4, 0.5) is 5.82 Å². The van der Waals surface area contributed by atoms with Crippen molar-refractivity contribution in [3.8, 4) is 17.2 Å². The van der Waals surface area contributed by atoms with Gasteiger partial charge in [0.05, 0.1) is 27.5 Å². The zero-order chi connectivity index (χ0) is 16.6. The highest BCUT2D eigenvalue weighted by molar-refractivity contribution is 5.94. The minimum atomic E-state index is -0.151. The molecule has 1 aromatic carbocycles. The van der Waals surface area contributed by atoms with E-state index in [0.717, 1.165) is 11.1 Å². The Balaban J connectivity index is 2.16. The third-order valence-electron chi connectivity index (χ3n) is 4.10. The lowest BCUT2D eigenvalue weighted by Gasteiger charge is -2.25. The van der Waals surface area contributed by atoms with Crippen molar-refractivity contribution >= 4 is 11.7 Å². The van der Waals surface area contributed by atoms with Crippen LogP contribution < -0.4 is 19.5 Å². The summed E-state index contributed by atoms with van der Waals surface area (Å²) in [5.74, 6) is 2.34. The van der Waals surface area contributed by atoms with Crippen LogP contribution in [0.2, 0.25) is 0 Å². The van der Waals surface area contributed by atoms with Crippen LogP contribution in [0.5, 0.6) is 17.2 Å². The summed E-state index contributed by atoms with van der Waals surface area (Å²) in [6.07, 6.45) is 2.10. The van der Waals surface area contributed by atoms with Gasteiger partial charge in [0.1, 0.15) is 11.6 Å². The number of ether oxygens (including phenoxy) is 3. The van der Waals surface area contributed by atoms with Crippen molar-refractivity contribution in [2.24, 2.45) is 7.05 Å². The van der Waals surface area contributed by atoms with E-state index in [1.54, 1.807) is 45.3 Å². The van der Waals surface area contributed by atoms with E-state index in [9.17, 15) is 4.79 Å². The van der Waals surface area contributed by atoms with Crippen molar-refractivity contribution in [2.45, 2.75) is 12.3 Å². The molecule has 3 rings (SSSR count). The first-order chi connectivity index (χ1) is 11.1. The number of carbonyl (C=O) groups excluding carboxylic acids is 1. The molecule has 2 heterocycles. The van der Waals surface area contributed by atoms with Gasteiger partial charge in [0, 0.05) is 36.6 Å². The van der Waals surface area contributed by atoms with E-state index in [1.165, 1.54) is 0 Å². The van der Waals surface area contributed by atoms with E-state index in [0.29, 0.717) is 29.5 Å². The van der Waals surface area contributed by atoms with Crippen LogP contribution >= 0.6 is 0 Å². The molecule has 7 nitrogen and oxygen atoms in total. The minimum Gasteiger partial charge on any atom is -0.496 e. The maximum atomic E-state index is 12.1. The molecule has 122 valence electrons. The molecule has 0 bridgehead atoms. The monoisotopic (exact) mass is 317 g/mol. The second-order valence-electron chi connectivity index (χ2n) is 5.33. The largest absolute Gasteiger partial charge is 0.496 e. The van der Waals surface area contributed by atoms with Gasteiger partial charge in [0.15, 0.2) is 11.5 Å². The molecule has 0 aliphatic carbocycles. The first-order valence-corrected chi connectivity index (χ1v) is 7.20. The Kier molecular flexibility index (Phi) is 3.85. The number of nitrogens with one attached hydrogen (secondary N) is 1. The number of amides is 1. The molecule has 1 N–H and O–H groups in total. The van der Waals surface area contributed by atoms with E-state index >= 15 is 0 Å². The molecule has 2 aromatic rings. The quantitative estimate of drug-likeness (QED) is 0.932. The van der Waals surface area contributed by atoms with Crippen molar-refractivity contribution in [1.29, 1.82) is 0 Å². The molecule has 1 aromatic heterocycles. The average molecular weight is 317 g/mol. The Bertz CT molecular complexity index is 754. The second kappa shape index (κ2) is 5.83. The van der Waals surface area contributed by atoms with Gasteiger partial charge in [-0.1, -0.05) is 0 Å². The van der Waals surface area contributed by atoms with Gasteiger partial charge in [-0.05, 0) is 6.07 Å². The van der Waals surface area contributed by atoms with Crippen LogP contribution in [-0.2, 0) is 11.8 Å². The average Bonchev–Trinajstić information content (AvgIpc) is 2.94. The number of methoxy groups -OCH3 is 3. The highest BCUT2D eigenvalue weighted by atomic mass is 16.5. The standard InChI is InChI=1S/C16H19N3O4/c1-19-16-11(8-17-19)9(6-15(20)18-16)10-5-13(22-3)14(23-4)7-12(10)21-2/h5,7-9H,6H2,1-4H3,(H,18,20). The van der Waals surface area contributed by atoms with Crippen molar-refractivity contribution in [1.82, 2.24) is 9.78 Å². The normalized spacial score (nSPS) is 16.5. The van der Waals surface area contributed by atoms with Gasteiger partial charge in [-0.25, -0.2) is 0 Å². The van der Waals surface area contributed by atoms with E-state index in [1.807, 2.05) is 6.07 Å². The van der Waals surface area contributed by atoms with E-state index in [2.05, 4.69) is 10.4 Å². The SMILES string of the molecule is COc1cc(OC)c(C2CC(=O)Nc3c2cnn3C)cc1OC. The molecular formula is C16H19N3O4. The van der Waals surface area contributed by atoms with Gasteiger partial charge in [-0.3, -0.25) is 9.48 Å². The number of carbonyl (C=O) groups is 1. The number of fused-ring (bicyclic) bond motifs is 1. The molecule has 1 atom stereocenters. The summed E-state index contributed by atoms with van der Waals surface area (Å²) in [5.41, 5.74) is 1.83. The fourth-order valence-electron chi connectivity index (χ4n) is 2.94. The fourth-order valence-corrected chi connectivity index (χ4v) is 2.94. The number of anilines is 1. The molecule has 1 unspecified atom stereocenters. The Morgan fingerprint density at radius 2 is 1.74 bits per heavy atom. The van der Waals surface area contributed by atoms with Crippen molar-refractivity contribution in [2.75, 3.05) is 26.6 Å². The lowest BCUT2D eigenvalue weighted by Crippen LogP contribution is -2.24. The summed E-state index contributed by atoms with van der Waals surface area (Å²) in [4.78, 5) is 12.1. The van der Waals surface area contributed by atoms with Gasteiger partial charge in [0.2, 0.25) is 5.91 Å². The summed E-state index contributed by atoms with van der Waals surface area (Å²) in [6.45, 7) is 0. The lowest BCUT2D eigenvalue weighted by molar-refractivity contribution is -0.116. The first-order valence-electron chi connectivity index (χ1n) is 7.20. The number of hydrogen-bond acceptors (Lipinski definition) is 5. The van der Waals surface area contributed by atoms with Crippen LogP contribution in [-0.4, -0.2) is 37.0 Å². The molecule has 1 aliphatic rings. The molecule has 0 saturated carbocycles. The van der Waals surface area contributed by atoms with Gasteiger partial charge in [-0.15, -0.1) is 0 Å². The molecule has 7 heteroatoms. The number of aromatic nitrogens is 2. The third kappa shape index (κ3) is 2.48. The number of nitrogens with zero attached hydrogens (tertiary/aromatic N) is 2. The number of benzene rings is 1. The summed E-state index contributed by atoms with van der Waals surface area (Å²) >= 11 is 0. The summed E-state index contributed by atoms with van der Waals surface area (Å²) in [5, 5.41) is 7.11. The molecular weight excluding hydrogens is 298 g/mol. The molecule has 0 radical (unpaired) electrons. The fraction of sp³-hybridized carbons (Fsp3) is 0.375. The maximum Gasteiger partial charge on any atom is 0.226 e. The van der Waals surface area contributed by atoms with E-state index in [-0.39, 0.29) is 11.8 Å². The van der Waals surface area contributed by atoms with E-state index < -0.39 is 0 Å². The Morgan fingerprint density at radius 3 is 2.39 bits per heavy atom. The topological polar surface area (TPSA) is 74.6 Å². The number of rotatable bonds is 4. The molecule has 23 heavy (non-hydrogen) atoms. The van der Waals surface area contributed by atoms with Crippen LogP contribution in [0, 0.1) is 0 Å². The smallest absolute Gasteiger partial charge is 0.226 e. The molecule has 0 saturated heterocycles. The molecule has 0 fully saturated rings. The van der Waals surface area contributed by atoms with Crippen LogP contribution in [0.25, 0.3) is 0 Å². The lowest BCUT2D eigenvalue weighted by atomic mass is 9.86. The first kappa shape index (κ1) is 15.2. The zero-order valence-electron chi connectivity index (χ0n) is 13.5. The van der Waals surface area contributed by atoms with Crippen LogP contribution in [0.3, 0.4) is 0 Å². The highest BCUT2D eigenvalue weighted by Crippen LogP contribution is 2.44. The second-order valence-corrected chi connectivity index (χ2v) is 5.33. The number of hydrogen-bond donors (Lipinski definition) is 1. The Labute approximate surface area is 134 Å². The van der Waals surface area contributed by atoms with Crippen LogP contribution in [0.15, 0.2) is 18.3 Å². The molecule has 0 spiro atoms. The van der Waals surface area contributed by atoms with Crippen molar-refractivity contribution in [3.05, 3.63) is 29.5 Å². The highest BCUT2D eigenvalue weighted by Gasteiger charge is 2.32. The number of aryl methyl sites for hydroxylation is 1. The molecule has 1 amide bonds. The summed E-state index contributed by atoms with van der Waals surface area (Å²) < 4.78 is 17.9. The van der Waals surface area contributed by atoms with Crippen molar-refractivity contribution in [3.63, 3.8) is 0 Å². The summed E-state index contributed by atoms with van der Waals surface area (Å²) in [7, 11) is 6.55. The summed E-state index contributed by atoms with van der Waals surface area (Å²) in [6, 6.07) is 3.63. The van der Waals surface area contributed by atoms with Gasteiger partial charge in [0.25, 0.3) is 0 Å². The Morgan fingerprint density at radius 1 is 1.09 bits per heavy atom. The van der Waals surface area contributed by atoms with Gasteiger partial charge in [-0.2, -0.15) is 5.10 Å². The van der Waals surface area contributed by atoms with Crippen molar-refractivity contribution < 1.29 is 19.0 Å². The predicted molar refractivity (Wildman–Crippen MR) is 84.4 cm³/mol.